The Morgan fingerprint density at radius 3 is 2.87 bits per heavy atom. The lowest BCUT2D eigenvalue weighted by molar-refractivity contribution is -0.742. The average molecular weight is 220 g/mol. The molecule has 2 rings (SSSR count). The van der Waals surface area contributed by atoms with Crippen molar-refractivity contribution in [2.45, 2.75) is 12.4 Å². The molecule has 0 fully saturated rings. The van der Waals surface area contributed by atoms with Crippen molar-refractivity contribution in [1.82, 2.24) is 0 Å². The van der Waals surface area contributed by atoms with Crippen molar-refractivity contribution < 1.29 is 27.2 Å². The van der Waals surface area contributed by atoms with Gasteiger partial charge in [-0.05, 0) is 0 Å². The molecule has 1 aromatic rings. The van der Waals surface area contributed by atoms with Gasteiger partial charge in [-0.15, -0.1) is 4.57 Å². The van der Waals surface area contributed by atoms with Crippen LogP contribution in [0, 0.1) is 0 Å². The fourth-order valence-corrected chi connectivity index (χ4v) is 1.44. The first-order valence-corrected chi connectivity index (χ1v) is 4.30. The third-order valence-corrected chi connectivity index (χ3v) is 2.23. The number of rotatable bonds is 1. The molecule has 0 bridgehead atoms. The highest BCUT2D eigenvalue weighted by atomic mass is 19.4. The van der Waals surface area contributed by atoms with E-state index < -0.39 is 11.7 Å². The Labute approximate surface area is 84.0 Å². The van der Waals surface area contributed by atoms with Gasteiger partial charge in [0, 0.05) is 13.2 Å². The van der Waals surface area contributed by atoms with E-state index in [1.807, 2.05) is 0 Å². The molecule has 15 heavy (non-hydrogen) atoms. The molecule has 0 saturated carbocycles. The predicted molar refractivity (Wildman–Crippen MR) is 43.2 cm³/mol. The van der Waals surface area contributed by atoms with Crippen molar-refractivity contribution in [1.29, 1.82) is 0 Å². The standard InChI is InChI=1S/C9H9F3NO2/c1-14-8-5-15-7-4-6(9(10,11)12)2-3-13(7)8/h2-4,8H,5H2,1H3/q+1. The molecular formula is C9H9F3NO2+. The third kappa shape index (κ3) is 1.77. The number of nitrogens with zero attached hydrogens (tertiary/aromatic N) is 1. The molecule has 0 radical (unpaired) electrons. The maximum absolute atomic E-state index is 12.3. The highest BCUT2D eigenvalue weighted by Gasteiger charge is 2.37. The summed E-state index contributed by atoms with van der Waals surface area (Å²) < 4.78 is 48.6. The van der Waals surface area contributed by atoms with E-state index in [0.717, 1.165) is 12.1 Å². The van der Waals surface area contributed by atoms with Gasteiger partial charge in [0.1, 0.15) is 0 Å². The Bertz CT molecular complexity index is 378. The van der Waals surface area contributed by atoms with Gasteiger partial charge >= 0.3 is 18.3 Å². The van der Waals surface area contributed by atoms with Crippen LogP contribution in [0.3, 0.4) is 0 Å². The van der Waals surface area contributed by atoms with E-state index in [4.69, 9.17) is 9.47 Å². The SMILES string of the molecule is COC1COc2cc(C(F)(F)F)cc[n+]21. The minimum atomic E-state index is -4.34. The molecule has 1 unspecified atom stereocenters. The summed E-state index contributed by atoms with van der Waals surface area (Å²) in [4.78, 5) is 0. The van der Waals surface area contributed by atoms with Gasteiger partial charge in [-0.25, -0.2) is 0 Å². The Balaban J connectivity index is 2.37. The van der Waals surface area contributed by atoms with Crippen molar-refractivity contribution in [2.24, 2.45) is 0 Å². The van der Waals surface area contributed by atoms with Crippen LogP contribution in [0.15, 0.2) is 18.3 Å². The number of aromatic nitrogens is 1. The highest BCUT2D eigenvalue weighted by Crippen LogP contribution is 2.31. The summed E-state index contributed by atoms with van der Waals surface area (Å²) in [5.41, 5.74) is -0.717. The minimum absolute atomic E-state index is 0.177. The Morgan fingerprint density at radius 1 is 1.53 bits per heavy atom. The second-order valence-electron chi connectivity index (χ2n) is 3.16. The second kappa shape index (κ2) is 3.37. The molecular weight excluding hydrogens is 211 g/mol. The van der Waals surface area contributed by atoms with Gasteiger partial charge < -0.3 is 9.47 Å². The summed E-state index contributed by atoms with van der Waals surface area (Å²) in [6, 6.07) is 1.98. The fraction of sp³-hybridized carbons (Fsp3) is 0.444. The first-order valence-electron chi connectivity index (χ1n) is 4.30. The van der Waals surface area contributed by atoms with Crippen LogP contribution in [0.25, 0.3) is 0 Å². The van der Waals surface area contributed by atoms with E-state index in [1.54, 1.807) is 0 Å². The number of methoxy groups -OCH3 is 1. The van der Waals surface area contributed by atoms with Crippen LogP contribution >= 0.6 is 0 Å². The molecule has 0 spiro atoms. The zero-order chi connectivity index (χ0) is 11.1. The molecule has 1 aliphatic rings. The monoisotopic (exact) mass is 220 g/mol. The van der Waals surface area contributed by atoms with Crippen LogP contribution in [0.1, 0.15) is 11.8 Å². The molecule has 2 heterocycles. The van der Waals surface area contributed by atoms with E-state index in [9.17, 15) is 13.2 Å². The van der Waals surface area contributed by atoms with Gasteiger partial charge in [-0.3, -0.25) is 0 Å². The zero-order valence-corrected chi connectivity index (χ0v) is 7.91. The highest BCUT2D eigenvalue weighted by molar-refractivity contribution is 5.19. The maximum atomic E-state index is 12.3. The number of alkyl halides is 3. The molecule has 6 heteroatoms. The molecule has 0 aliphatic carbocycles. The van der Waals surface area contributed by atoms with Gasteiger partial charge in [-0.2, -0.15) is 13.2 Å². The van der Waals surface area contributed by atoms with Gasteiger partial charge in [0.15, 0.2) is 12.8 Å². The van der Waals surface area contributed by atoms with Crippen LogP contribution < -0.4 is 9.30 Å². The van der Waals surface area contributed by atoms with E-state index in [0.29, 0.717) is 0 Å². The van der Waals surface area contributed by atoms with Crippen molar-refractivity contribution in [2.75, 3.05) is 13.7 Å². The second-order valence-corrected chi connectivity index (χ2v) is 3.16. The van der Waals surface area contributed by atoms with Crippen LogP contribution in [-0.4, -0.2) is 13.7 Å². The predicted octanol–water partition coefficient (Wildman–Crippen LogP) is 1.53. The third-order valence-electron chi connectivity index (χ3n) is 2.23. The van der Waals surface area contributed by atoms with Crippen LogP contribution in [0.2, 0.25) is 0 Å². The van der Waals surface area contributed by atoms with E-state index in [1.165, 1.54) is 17.9 Å². The Hall–Kier alpha value is -1.30. The van der Waals surface area contributed by atoms with Crippen molar-refractivity contribution >= 4 is 0 Å². The summed E-state index contributed by atoms with van der Waals surface area (Å²) in [6.45, 7) is 0.234. The summed E-state index contributed by atoms with van der Waals surface area (Å²) in [6.07, 6.45) is -3.37. The lowest BCUT2D eigenvalue weighted by Gasteiger charge is -2.05. The number of pyridine rings is 1. The molecule has 1 aromatic heterocycles. The number of ether oxygens (including phenoxy) is 2. The van der Waals surface area contributed by atoms with E-state index >= 15 is 0 Å². The Morgan fingerprint density at radius 2 is 2.27 bits per heavy atom. The molecule has 1 atom stereocenters. The average Bonchev–Trinajstić information content (AvgIpc) is 2.58. The van der Waals surface area contributed by atoms with Gasteiger partial charge in [0.05, 0.1) is 11.6 Å². The molecule has 3 nitrogen and oxygen atoms in total. The molecule has 1 aliphatic heterocycles. The fourth-order valence-electron chi connectivity index (χ4n) is 1.44. The van der Waals surface area contributed by atoms with Crippen LogP contribution in [0.4, 0.5) is 13.2 Å². The molecule has 0 saturated heterocycles. The first kappa shape index (κ1) is 10.2. The van der Waals surface area contributed by atoms with Crippen LogP contribution in [0.5, 0.6) is 5.88 Å². The lowest BCUT2D eigenvalue weighted by Crippen LogP contribution is -2.37. The molecule has 0 amide bonds. The Kier molecular flexibility index (Phi) is 2.30. The van der Waals surface area contributed by atoms with Crippen molar-refractivity contribution in [3.8, 4) is 5.88 Å². The minimum Gasteiger partial charge on any atom is -0.434 e. The molecule has 0 aromatic carbocycles. The summed E-state index contributed by atoms with van der Waals surface area (Å²) >= 11 is 0. The number of halogens is 3. The van der Waals surface area contributed by atoms with Crippen LogP contribution in [-0.2, 0) is 10.9 Å². The normalized spacial score (nSPS) is 19.9. The summed E-state index contributed by atoms with van der Waals surface area (Å²) in [7, 11) is 1.48. The largest absolute Gasteiger partial charge is 0.434 e. The van der Waals surface area contributed by atoms with Gasteiger partial charge in [-0.1, -0.05) is 0 Å². The van der Waals surface area contributed by atoms with E-state index in [2.05, 4.69) is 0 Å². The summed E-state index contributed by atoms with van der Waals surface area (Å²) in [5, 5.41) is 0. The quantitative estimate of drug-likeness (QED) is 0.670. The van der Waals surface area contributed by atoms with Gasteiger partial charge in [0.2, 0.25) is 0 Å². The zero-order valence-electron chi connectivity index (χ0n) is 7.91. The molecule has 82 valence electrons. The smallest absolute Gasteiger partial charge is 0.417 e. The molecule has 0 N–H and O–H groups in total. The maximum Gasteiger partial charge on any atom is 0.417 e. The van der Waals surface area contributed by atoms with Crippen molar-refractivity contribution in [3.63, 3.8) is 0 Å². The lowest BCUT2D eigenvalue weighted by atomic mass is 10.2. The summed E-state index contributed by atoms with van der Waals surface area (Å²) in [5.74, 6) is 0.177. The number of fused-ring (bicyclic) bond motifs is 1. The first-order chi connectivity index (χ1) is 7.02. The van der Waals surface area contributed by atoms with E-state index in [-0.39, 0.29) is 18.7 Å². The van der Waals surface area contributed by atoms with Gasteiger partial charge in [0.25, 0.3) is 0 Å². The number of hydrogen-bond acceptors (Lipinski definition) is 2. The topological polar surface area (TPSA) is 22.3 Å². The van der Waals surface area contributed by atoms with Crippen molar-refractivity contribution in [3.05, 3.63) is 23.9 Å². The number of hydrogen-bond donors (Lipinski definition) is 0.